The zero-order valence-corrected chi connectivity index (χ0v) is 17.4. The first kappa shape index (κ1) is 37.6. The monoisotopic (exact) mass is 486 g/mol. The van der Waals surface area contributed by atoms with Crippen molar-refractivity contribution in [3.05, 3.63) is 0 Å². The maximum Gasteiger partial charge on any atom is 0.0748 e. The molecule has 5 N–H and O–H groups in total. The first-order valence-corrected chi connectivity index (χ1v) is 6.41. The van der Waals surface area contributed by atoms with Gasteiger partial charge in [0.05, 0.1) is 27.4 Å². The number of aliphatic hydroxyl groups is 5. The van der Waals surface area contributed by atoms with Crippen molar-refractivity contribution in [2.75, 3.05) is 53.8 Å². The summed E-state index contributed by atoms with van der Waals surface area (Å²) >= 11 is 0. The molecular formula is C12H35NO7Ta. The van der Waals surface area contributed by atoms with E-state index in [0.717, 1.165) is 0 Å². The van der Waals surface area contributed by atoms with Crippen molar-refractivity contribution >= 4 is 0 Å². The van der Waals surface area contributed by atoms with Crippen molar-refractivity contribution < 1.29 is 57.6 Å². The van der Waals surface area contributed by atoms with E-state index < -0.39 is 0 Å². The number of hydrogen-bond donors (Lipinski definition) is 5. The second-order valence-electron chi connectivity index (χ2n) is 2.41. The van der Waals surface area contributed by atoms with Gasteiger partial charge in [-0.2, -0.15) is 0 Å². The predicted molar refractivity (Wildman–Crippen MR) is 78.8 cm³/mol. The van der Waals surface area contributed by atoms with Gasteiger partial charge in [0.2, 0.25) is 0 Å². The minimum Gasteiger partial charge on any atom is -0.397 e. The van der Waals surface area contributed by atoms with Gasteiger partial charge in [-0.25, -0.2) is 0 Å². The van der Waals surface area contributed by atoms with Crippen molar-refractivity contribution in [2.45, 2.75) is 27.7 Å². The molecule has 0 aliphatic heterocycles. The van der Waals surface area contributed by atoms with Gasteiger partial charge in [0.15, 0.2) is 0 Å². The molecule has 8 nitrogen and oxygen atoms in total. The Kier molecular flexibility index (Phi) is 106. The maximum atomic E-state index is 8.30. The number of nitrogens with zero attached hydrogens (tertiary/aromatic N) is 1. The summed E-state index contributed by atoms with van der Waals surface area (Å²) in [6.45, 7) is 8.12. The molecule has 0 spiro atoms. The van der Waals surface area contributed by atoms with Crippen LogP contribution in [-0.4, -0.2) is 84.6 Å². The molecular weight excluding hydrogens is 451 g/mol. The zero-order chi connectivity index (χ0) is 17.2. The van der Waals surface area contributed by atoms with E-state index in [1.807, 2.05) is 0 Å². The summed E-state index contributed by atoms with van der Waals surface area (Å²) in [6.07, 6.45) is 0. The standard InChI is InChI=1S/C4H11NO3.4C2H6O.Ta/c1-7-5(8-2)3-4-6;4*1-2-3;/h6H,3-4H2,1-2H3;4*3H,2H2,1H3;. The summed E-state index contributed by atoms with van der Waals surface area (Å²) in [6, 6.07) is 0. The normalized spacial score (nSPS) is 7.43. The summed E-state index contributed by atoms with van der Waals surface area (Å²) in [5, 5.41) is 39.8. The van der Waals surface area contributed by atoms with Crippen molar-refractivity contribution in [3.63, 3.8) is 0 Å². The summed E-state index contributed by atoms with van der Waals surface area (Å²) < 4.78 is 0. The Balaban J connectivity index is -0.0000000369. The molecule has 9 heteroatoms. The largest absolute Gasteiger partial charge is 0.397 e. The molecule has 0 amide bonds. The fraction of sp³-hybridized carbons (Fsp3) is 1.00. The Morgan fingerprint density at radius 1 is 0.667 bits per heavy atom. The van der Waals surface area contributed by atoms with E-state index in [1.165, 1.54) is 19.4 Å². The van der Waals surface area contributed by atoms with E-state index in [0.29, 0.717) is 6.54 Å². The average Bonchev–Trinajstić information content (AvgIpc) is 2.40. The average molecular weight is 486 g/mol. The van der Waals surface area contributed by atoms with E-state index in [4.69, 9.17) is 25.5 Å². The van der Waals surface area contributed by atoms with Gasteiger partial charge in [-0.05, 0) is 27.7 Å². The van der Waals surface area contributed by atoms with Crippen LogP contribution in [0.25, 0.3) is 0 Å². The minimum atomic E-state index is 0. The quantitative estimate of drug-likeness (QED) is 0.334. The molecule has 21 heavy (non-hydrogen) atoms. The van der Waals surface area contributed by atoms with Crippen molar-refractivity contribution in [1.82, 2.24) is 5.23 Å². The van der Waals surface area contributed by atoms with Gasteiger partial charge < -0.3 is 25.5 Å². The third-order valence-electron chi connectivity index (χ3n) is 0.690. The van der Waals surface area contributed by atoms with Crippen LogP contribution in [-0.2, 0) is 32.1 Å². The minimum absolute atomic E-state index is 0. The summed E-state index contributed by atoms with van der Waals surface area (Å²) in [5.41, 5.74) is 0. The van der Waals surface area contributed by atoms with Crippen molar-refractivity contribution in [2.24, 2.45) is 0 Å². The van der Waals surface area contributed by atoms with Crippen LogP contribution in [0.3, 0.4) is 0 Å². The molecule has 0 heterocycles. The summed E-state index contributed by atoms with van der Waals surface area (Å²) in [4.78, 5) is 9.18. The second kappa shape index (κ2) is 59.0. The van der Waals surface area contributed by atoms with Crippen LogP contribution < -0.4 is 0 Å². The Bertz CT molecular complexity index is 93.7. The third kappa shape index (κ3) is 126. The van der Waals surface area contributed by atoms with Gasteiger partial charge in [-0.1, -0.05) is 5.23 Å². The first-order chi connectivity index (χ1) is 9.50. The van der Waals surface area contributed by atoms with Gasteiger partial charge in [0.1, 0.15) is 0 Å². The topological polar surface area (TPSA) is 123 Å². The van der Waals surface area contributed by atoms with Crippen LogP contribution in [0.5, 0.6) is 0 Å². The van der Waals surface area contributed by atoms with Crippen LogP contribution in [0.2, 0.25) is 0 Å². The van der Waals surface area contributed by atoms with Gasteiger partial charge in [-0.3, -0.25) is 9.68 Å². The summed E-state index contributed by atoms with van der Waals surface area (Å²) in [5.74, 6) is 0. The van der Waals surface area contributed by atoms with Gasteiger partial charge in [0, 0.05) is 48.8 Å². The molecule has 0 saturated carbocycles. The Labute approximate surface area is 144 Å². The Morgan fingerprint density at radius 2 is 0.857 bits per heavy atom. The molecule has 0 saturated heterocycles. The Hall–Kier alpha value is 0.420. The van der Waals surface area contributed by atoms with E-state index in [2.05, 4.69) is 9.68 Å². The molecule has 0 aromatic rings. The number of rotatable bonds is 4. The van der Waals surface area contributed by atoms with Gasteiger partial charge in [-0.15, -0.1) is 0 Å². The van der Waals surface area contributed by atoms with Crippen LogP contribution in [0, 0.1) is 0 Å². The van der Waals surface area contributed by atoms with E-state index in [-0.39, 0.29) is 55.4 Å². The molecule has 0 bridgehead atoms. The zero-order valence-electron chi connectivity index (χ0n) is 14.2. The molecule has 0 aromatic heterocycles. The number of hydroxylamine groups is 2. The molecule has 1 radical (unpaired) electrons. The third-order valence-corrected chi connectivity index (χ3v) is 0.690. The van der Waals surface area contributed by atoms with Gasteiger partial charge >= 0.3 is 0 Å². The fourth-order valence-corrected chi connectivity index (χ4v) is 0.339. The van der Waals surface area contributed by atoms with Crippen LogP contribution >= 0.6 is 0 Å². The van der Waals surface area contributed by atoms with Crippen LogP contribution in [0.4, 0.5) is 0 Å². The van der Waals surface area contributed by atoms with Crippen LogP contribution in [0.15, 0.2) is 0 Å². The molecule has 135 valence electrons. The first-order valence-electron chi connectivity index (χ1n) is 6.41. The molecule has 0 fully saturated rings. The molecule has 0 aromatic carbocycles. The van der Waals surface area contributed by atoms with E-state index in [1.54, 1.807) is 27.7 Å². The van der Waals surface area contributed by atoms with Crippen molar-refractivity contribution in [1.29, 1.82) is 0 Å². The Morgan fingerprint density at radius 3 is 0.905 bits per heavy atom. The van der Waals surface area contributed by atoms with E-state index >= 15 is 0 Å². The van der Waals surface area contributed by atoms with Gasteiger partial charge in [0.25, 0.3) is 0 Å². The molecule has 0 atom stereocenters. The van der Waals surface area contributed by atoms with Crippen LogP contribution in [0.1, 0.15) is 27.7 Å². The fourth-order valence-electron chi connectivity index (χ4n) is 0.339. The van der Waals surface area contributed by atoms with E-state index in [9.17, 15) is 0 Å². The summed E-state index contributed by atoms with van der Waals surface area (Å²) in [7, 11) is 2.94. The molecule has 0 aliphatic rings. The predicted octanol–water partition coefficient (Wildman–Crippen LogP) is -0.605. The molecule has 0 aliphatic carbocycles. The maximum absolute atomic E-state index is 8.30. The number of aliphatic hydroxyl groups excluding tert-OH is 5. The second-order valence-corrected chi connectivity index (χ2v) is 2.41. The van der Waals surface area contributed by atoms with Crippen molar-refractivity contribution in [3.8, 4) is 0 Å². The smallest absolute Gasteiger partial charge is 0.0748 e. The molecule has 0 rings (SSSR count). The molecule has 0 unspecified atom stereocenters. The SMILES string of the molecule is CCO.CCO.CCO.CCO.CON(CCO)OC.[Ta]. The number of hydrogen-bond acceptors (Lipinski definition) is 8.